The molecule has 0 fully saturated rings. The number of allylic oxidation sites excluding steroid dienone is 6. The highest BCUT2D eigenvalue weighted by Gasteiger charge is 2.52. The first-order chi connectivity index (χ1) is 17.8. The van der Waals surface area contributed by atoms with Crippen LogP contribution in [0.15, 0.2) is 46.3 Å². The topological polar surface area (TPSA) is 96.0 Å². The Bertz CT molecular complexity index is 1060. The van der Waals surface area contributed by atoms with Crippen molar-refractivity contribution < 1.29 is 33.4 Å². The van der Waals surface area contributed by atoms with E-state index >= 15 is 0 Å². The molecule has 0 radical (unpaired) electrons. The van der Waals surface area contributed by atoms with Crippen LogP contribution in [-0.4, -0.2) is 36.4 Å². The van der Waals surface area contributed by atoms with Crippen LogP contribution < -0.4 is 0 Å². The monoisotopic (exact) mass is 528 g/mol. The Morgan fingerprint density at radius 1 is 0.974 bits per heavy atom. The first-order valence-electron chi connectivity index (χ1n) is 13.5. The fourth-order valence-electron chi connectivity index (χ4n) is 5.33. The van der Waals surface area contributed by atoms with Crippen molar-refractivity contribution in [2.75, 3.05) is 6.61 Å². The molecule has 0 heterocycles. The lowest BCUT2D eigenvalue weighted by Gasteiger charge is -2.32. The Balaban J connectivity index is 2.63. The van der Waals surface area contributed by atoms with Crippen molar-refractivity contribution in [3.63, 3.8) is 0 Å². The van der Waals surface area contributed by atoms with E-state index in [-0.39, 0.29) is 42.1 Å². The molecule has 7 nitrogen and oxygen atoms in total. The summed E-state index contributed by atoms with van der Waals surface area (Å²) < 4.78 is 16.5. The number of esters is 3. The molecule has 210 valence electrons. The number of rotatable bonds is 5. The van der Waals surface area contributed by atoms with Gasteiger partial charge in [0.2, 0.25) is 5.78 Å². The van der Waals surface area contributed by atoms with Crippen LogP contribution in [0.25, 0.3) is 0 Å². The second-order valence-electron chi connectivity index (χ2n) is 11.0. The largest absolute Gasteiger partial charge is 0.465 e. The first-order valence-corrected chi connectivity index (χ1v) is 13.5. The number of hydrogen-bond donors (Lipinski definition) is 0. The Kier molecular flexibility index (Phi) is 11.3. The van der Waals surface area contributed by atoms with E-state index in [4.69, 9.17) is 14.2 Å². The summed E-state index contributed by atoms with van der Waals surface area (Å²) in [5, 5.41) is 0. The summed E-state index contributed by atoms with van der Waals surface area (Å²) in [6, 6.07) is 0. The highest BCUT2D eigenvalue weighted by atomic mass is 16.5. The maximum Gasteiger partial charge on any atom is 0.308 e. The minimum atomic E-state index is -0.856. The van der Waals surface area contributed by atoms with Crippen molar-refractivity contribution in [2.24, 2.45) is 17.3 Å². The maximum atomic E-state index is 13.9. The van der Waals surface area contributed by atoms with Gasteiger partial charge in [-0.2, -0.15) is 0 Å². The number of carbonyl (C=O) groups excluding carboxylic acids is 4. The van der Waals surface area contributed by atoms with Gasteiger partial charge in [0.1, 0.15) is 6.10 Å². The van der Waals surface area contributed by atoms with Gasteiger partial charge >= 0.3 is 17.9 Å². The summed E-state index contributed by atoms with van der Waals surface area (Å²) in [6.07, 6.45) is 10.2. The fourth-order valence-corrected chi connectivity index (χ4v) is 5.33. The molecule has 38 heavy (non-hydrogen) atoms. The molecule has 0 N–H and O–H groups in total. The predicted octanol–water partition coefficient (Wildman–Crippen LogP) is 6.33. The molecule has 2 rings (SSSR count). The average Bonchev–Trinajstić information content (AvgIpc) is 3.02. The van der Waals surface area contributed by atoms with E-state index in [1.54, 1.807) is 0 Å². The molecule has 4 unspecified atom stereocenters. The molecule has 0 aromatic rings. The summed E-state index contributed by atoms with van der Waals surface area (Å²) in [6.45, 7) is 14.0. The molecule has 0 saturated heterocycles. The molecular weight excluding hydrogens is 484 g/mol. The van der Waals surface area contributed by atoms with Crippen LogP contribution in [0.5, 0.6) is 0 Å². The fraction of sp³-hybridized carbons (Fsp3) is 0.613. The summed E-state index contributed by atoms with van der Waals surface area (Å²) in [7, 11) is 0. The van der Waals surface area contributed by atoms with Crippen LogP contribution in [0, 0.1) is 17.3 Å². The highest BCUT2D eigenvalue weighted by molar-refractivity contribution is 6.03. The molecule has 0 spiro atoms. The zero-order valence-electron chi connectivity index (χ0n) is 24.3. The van der Waals surface area contributed by atoms with E-state index in [1.807, 2.05) is 26.8 Å². The molecule has 0 saturated carbocycles. The lowest BCUT2D eigenvalue weighted by Crippen LogP contribution is -2.32. The van der Waals surface area contributed by atoms with Crippen molar-refractivity contribution in [1.82, 2.24) is 0 Å². The van der Waals surface area contributed by atoms with Gasteiger partial charge in [-0.25, -0.2) is 0 Å². The van der Waals surface area contributed by atoms with Gasteiger partial charge in [-0.1, -0.05) is 43.2 Å². The van der Waals surface area contributed by atoms with Crippen molar-refractivity contribution in [1.29, 1.82) is 0 Å². The first kappa shape index (κ1) is 31.3. The minimum Gasteiger partial charge on any atom is -0.465 e. The third-order valence-corrected chi connectivity index (χ3v) is 7.64. The van der Waals surface area contributed by atoms with Gasteiger partial charge in [0.05, 0.1) is 6.61 Å². The molecule has 0 aliphatic heterocycles. The Hall–Kier alpha value is -2.96. The standard InChI is InChI=1S/C31H44O7/c1-19-10-9-11-20(2)16-17-31(8)26(14-13-21(3)27(15-12-19)37-24(6)33)28(22(4)18-36-23(5)32)29(30(31)35)38-25(7)34/h10,13,16,22,26-27H,9,11-12,14-15,17-18H2,1-8H3/b19-10+,20-16-,21-13+. The third-order valence-electron chi connectivity index (χ3n) is 7.64. The minimum absolute atomic E-state index is 0.0676. The molecule has 7 heteroatoms. The van der Waals surface area contributed by atoms with Crippen molar-refractivity contribution >= 4 is 23.7 Å². The van der Waals surface area contributed by atoms with Gasteiger partial charge in [0, 0.05) is 38.0 Å². The van der Waals surface area contributed by atoms with Crippen LogP contribution in [-0.2, 0) is 33.4 Å². The Morgan fingerprint density at radius 3 is 2.24 bits per heavy atom. The zero-order chi connectivity index (χ0) is 28.6. The van der Waals surface area contributed by atoms with Gasteiger partial charge in [-0.3, -0.25) is 19.2 Å². The highest BCUT2D eigenvalue weighted by Crippen LogP contribution is 2.51. The molecule has 2 aliphatic carbocycles. The van der Waals surface area contributed by atoms with Gasteiger partial charge in [0.15, 0.2) is 5.76 Å². The summed E-state index contributed by atoms with van der Waals surface area (Å²) in [5.74, 6) is -2.09. The van der Waals surface area contributed by atoms with Gasteiger partial charge < -0.3 is 14.2 Å². The second kappa shape index (κ2) is 13.7. The van der Waals surface area contributed by atoms with Crippen molar-refractivity contribution in [3.05, 3.63) is 46.3 Å². The summed E-state index contributed by atoms with van der Waals surface area (Å²) >= 11 is 0. The van der Waals surface area contributed by atoms with Gasteiger partial charge in [0.25, 0.3) is 0 Å². The third kappa shape index (κ3) is 8.27. The Labute approximate surface area is 227 Å². The predicted molar refractivity (Wildman–Crippen MR) is 146 cm³/mol. The van der Waals surface area contributed by atoms with Crippen LogP contribution in [0.4, 0.5) is 0 Å². The van der Waals surface area contributed by atoms with E-state index in [0.717, 1.165) is 24.8 Å². The van der Waals surface area contributed by atoms with Crippen LogP contribution in [0.2, 0.25) is 0 Å². The van der Waals surface area contributed by atoms with E-state index in [0.29, 0.717) is 24.8 Å². The zero-order valence-corrected chi connectivity index (χ0v) is 24.3. The SMILES string of the molecule is CC(=O)OCC(C)C1=C(OC(C)=O)C(=O)C2(C)C/C=C(/C)CC/C=C(\C)CCC(OC(C)=O)/C(C)=C/CC12. The van der Waals surface area contributed by atoms with Crippen LogP contribution >= 0.6 is 0 Å². The summed E-state index contributed by atoms with van der Waals surface area (Å²) in [4.78, 5) is 49.4. The van der Waals surface area contributed by atoms with Crippen molar-refractivity contribution in [2.45, 2.75) is 100 Å². The lowest BCUT2D eigenvalue weighted by molar-refractivity contribution is -0.145. The van der Waals surface area contributed by atoms with Gasteiger partial charge in [-0.15, -0.1) is 0 Å². The normalized spacial score (nSPS) is 30.2. The van der Waals surface area contributed by atoms with E-state index in [2.05, 4.69) is 26.0 Å². The lowest BCUT2D eigenvalue weighted by atomic mass is 9.70. The molecule has 4 atom stereocenters. The van der Waals surface area contributed by atoms with E-state index < -0.39 is 17.4 Å². The Morgan fingerprint density at radius 2 is 1.63 bits per heavy atom. The molecular formula is C31H44O7. The number of ether oxygens (including phenoxy) is 3. The van der Waals surface area contributed by atoms with Gasteiger partial charge in [-0.05, 0) is 70.4 Å². The van der Waals surface area contributed by atoms with E-state index in [9.17, 15) is 19.2 Å². The quantitative estimate of drug-likeness (QED) is 0.234. The average molecular weight is 529 g/mol. The molecule has 0 amide bonds. The molecule has 2 aliphatic rings. The van der Waals surface area contributed by atoms with Crippen LogP contribution in [0.1, 0.15) is 93.9 Å². The smallest absolute Gasteiger partial charge is 0.308 e. The number of Topliss-reactive ketones (excluding diaryl/α,β-unsaturated/α-hetero) is 1. The molecule has 0 bridgehead atoms. The number of carbonyl (C=O) groups is 4. The van der Waals surface area contributed by atoms with Crippen LogP contribution in [0.3, 0.4) is 0 Å². The van der Waals surface area contributed by atoms with Crippen molar-refractivity contribution in [3.8, 4) is 0 Å². The summed E-state index contributed by atoms with van der Waals surface area (Å²) in [5.41, 5.74) is 3.20. The van der Waals surface area contributed by atoms with E-state index in [1.165, 1.54) is 31.9 Å². The number of hydrogen-bond acceptors (Lipinski definition) is 7. The maximum absolute atomic E-state index is 13.9. The molecule has 0 aromatic heterocycles. The number of fused-ring (bicyclic) bond motifs is 1. The number of ketones is 1. The molecule has 0 aromatic carbocycles. The second-order valence-corrected chi connectivity index (χ2v) is 11.0.